The molecule has 0 aliphatic rings. The predicted molar refractivity (Wildman–Crippen MR) is 54.1 cm³/mol. The molecule has 0 aliphatic carbocycles. The van der Waals surface area contributed by atoms with Crippen LogP contribution in [0.3, 0.4) is 0 Å². The van der Waals surface area contributed by atoms with Crippen LogP contribution in [0, 0.1) is 6.92 Å². The lowest BCUT2D eigenvalue weighted by atomic mass is 10.4. The van der Waals surface area contributed by atoms with Crippen LogP contribution in [0.25, 0.3) is 0 Å². The normalized spacial score (nSPS) is 5.71. The molecular formula is C4H9I2Mg. The fraction of sp³-hybridized carbons (Fsp3) is 0.750. The van der Waals surface area contributed by atoms with Crippen molar-refractivity contribution < 1.29 is 0 Å². The Morgan fingerprint density at radius 3 is 1.71 bits per heavy atom. The largest absolute Gasteiger partial charge is 0.552 e. The number of hydrogen-bond acceptors (Lipinski definition) is 0. The molecule has 7 heavy (non-hydrogen) atoms. The zero-order valence-electron chi connectivity index (χ0n) is 4.58. The molecular weight excluding hydrogens is 326 g/mol. The highest BCUT2D eigenvalue weighted by Gasteiger charge is 1.61. The van der Waals surface area contributed by atoms with Crippen LogP contribution in [0.15, 0.2) is 0 Å². The standard InChI is InChI=1S/C4H9.2HI.Mg/c1-3-4-2;;;/h1,3-4H2,2H3;2*1H;/q;;;+2/p-2. The first-order chi connectivity index (χ1) is 3.33. The first-order valence-corrected chi connectivity index (χ1v) is 12.5. The van der Waals surface area contributed by atoms with Crippen molar-refractivity contribution in [1.82, 2.24) is 0 Å². The highest BCUT2D eigenvalue weighted by molar-refractivity contribution is 14.3. The average molecular weight is 335 g/mol. The molecule has 0 unspecified atom stereocenters. The van der Waals surface area contributed by atoms with Crippen molar-refractivity contribution in [1.29, 1.82) is 0 Å². The first kappa shape index (κ1) is 12.0. The van der Waals surface area contributed by atoms with Gasteiger partial charge in [-0.2, -0.15) is 0 Å². The summed E-state index contributed by atoms with van der Waals surface area (Å²) in [5.74, 6) is 0. The van der Waals surface area contributed by atoms with Gasteiger partial charge in [0, 0.05) is 0 Å². The molecule has 0 aromatic rings. The van der Waals surface area contributed by atoms with E-state index in [1.54, 1.807) is 0 Å². The summed E-state index contributed by atoms with van der Waals surface area (Å²) in [5.41, 5.74) is 0. The van der Waals surface area contributed by atoms with Gasteiger partial charge in [-0.3, -0.25) is 37.7 Å². The van der Waals surface area contributed by atoms with Crippen LogP contribution in [0.4, 0.5) is 0 Å². The van der Waals surface area contributed by atoms with Crippen LogP contribution in [0.2, 0.25) is 0 Å². The van der Waals surface area contributed by atoms with Crippen molar-refractivity contribution in [3.05, 3.63) is 6.92 Å². The average Bonchev–Trinajstić information content (AvgIpc) is 1.69. The summed E-state index contributed by atoms with van der Waals surface area (Å²) in [6.45, 7) is 5.72. The third kappa shape index (κ3) is 30.6. The third-order valence-corrected chi connectivity index (χ3v) is 0.354. The first-order valence-electron chi connectivity index (χ1n) is 2.24. The van der Waals surface area contributed by atoms with Gasteiger partial charge in [0.1, 0.15) is 0 Å². The number of rotatable bonds is 1. The lowest BCUT2D eigenvalue weighted by Crippen LogP contribution is -1.48. The van der Waals surface area contributed by atoms with Crippen molar-refractivity contribution in [2.75, 3.05) is 0 Å². The van der Waals surface area contributed by atoms with E-state index in [0.717, 1.165) is 6.42 Å². The van der Waals surface area contributed by atoms with E-state index >= 15 is 0 Å². The van der Waals surface area contributed by atoms with E-state index in [4.69, 9.17) is 0 Å². The highest BCUT2D eigenvalue weighted by Crippen LogP contribution is 1.80. The lowest BCUT2D eigenvalue weighted by molar-refractivity contribution is 0.956. The van der Waals surface area contributed by atoms with Gasteiger partial charge in [0.15, 0.2) is 0 Å². The van der Waals surface area contributed by atoms with E-state index in [1.807, 2.05) is 0 Å². The number of unbranched alkanes of at least 4 members (excludes halogenated alkanes) is 1. The third-order valence-electron chi connectivity index (χ3n) is 0.354. The van der Waals surface area contributed by atoms with Gasteiger partial charge in [-0.25, -0.2) is 0 Å². The smallest absolute Gasteiger partial charge is 0.276 e. The van der Waals surface area contributed by atoms with Crippen LogP contribution < -0.4 is 0 Å². The van der Waals surface area contributed by atoms with Crippen LogP contribution in [0.5, 0.6) is 0 Å². The van der Waals surface area contributed by atoms with E-state index in [1.165, 1.54) is 6.42 Å². The monoisotopic (exact) mass is 335 g/mol. The molecule has 0 aromatic heterocycles. The molecule has 0 saturated heterocycles. The molecule has 0 N–H and O–H groups in total. The fourth-order valence-corrected chi connectivity index (χ4v) is 0. The van der Waals surface area contributed by atoms with E-state index in [0.29, 0.717) is 12.6 Å². The molecule has 0 bridgehead atoms. The molecule has 0 atom stereocenters. The zero-order valence-corrected chi connectivity index (χ0v) is 10.3. The topological polar surface area (TPSA) is 0 Å². The molecule has 1 radical (unpaired) electrons. The SMILES string of the molecule is [CH2]CCC.[I][Mg][I]. The minimum absolute atomic E-state index is 0.357. The molecule has 0 nitrogen and oxygen atoms in total. The predicted octanol–water partition coefficient (Wildman–Crippen LogP) is 3.01. The zero-order chi connectivity index (χ0) is 6.12. The van der Waals surface area contributed by atoms with Crippen molar-refractivity contribution in [3.63, 3.8) is 0 Å². The van der Waals surface area contributed by atoms with Gasteiger partial charge in [0.25, 0.3) is 0 Å². The van der Waals surface area contributed by atoms with Gasteiger partial charge in [0.2, 0.25) is 0 Å². The summed E-state index contributed by atoms with van der Waals surface area (Å²) < 4.78 is 0. The van der Waals surface area contributed by atoms with Crippen molar-refractivity contribution in [2.45, 2.75) is 19.8 Å². The van der Waals surface area contributed by atoms with Crippen molar-refractivity contribution in [2.24, 2.45) is 0 Å². The van der Waals surface area contributed by atoms with Crippen LogP contribution in [0.1, 0.15) is 19.8 Å². The Kier molecular flexibility index (Phi) is 26.9. The molecule has 0 spiro atoms. The Bertz CT molecular complexity index is 17.2. The van der Waals surface area contributed by atoms with Crippen LogP contribution in [-0.4, -0.2) is 12.6 Å². The fourth-order valence-electron chi connectivity index (χ4n) is 0. The minimum atomic E-state index is 0.357. The number of halogens is 2. The Hall–Kier alpha value is 2.23. The maximum atomic E-state index is 3.60. The summed E-state index contributed by atoms with van der Waals surface area (Å²) in [6, 6.07) is 0. The minimum Gasteiger partial charge on any atom is -0.276 e. The summed E-state index contributed by atoms with van der Waals surface area (Å²) in [5, 5.41) is 0. The number of hydrogen-bond donors (Lipinski definition) is 0. The van der Waals surface area contributed by atoms with Gasteiger partial charge < -0.3 is 0 Å². The quantitative estimate of drug-likeness (QED) is 0.510. The summed E-state index contributed by atoms with van der Waals surface area (Å²) >= 11 is 5.18. The molecule has 0 saturated carbocycles. The van der Waals surface area contributed by atoms with Crippen LogP contribution >= 0.6 is 37.7 Å². The Morgan fingerprint density at radius 2 is 1.71 bits per heavy atom. The van der Waals surface area contributed by atoms with Crippen LogP contribution in [-0.2, 0) is 0 Å². The summed E-state index contributed by atoms with van der Waals surface area (Å²) in [4.78, 5) is 0. The van der Waals surface area contributed by atoms with E-state index in [-0.39, 0.29) is 0 Å². The summed E-state index contributed by atoms with van der Waals surface area (Å²) in [7, 11) is 0. The maximum absolute atomic E-state index is 3.60. The maximum Gasteiger partial charge on any atom is 0.552 e. The van der Waals surface area contributed by atoms with E-state index in [2.05, 4.69) is 51.5 Å². The van der Waals surface area contributed by atoms with Gasteiger partial charge >= 0.3 is 12.6 Å². The molecule has 0 aromatic carbocycles. The van der Waals surface area contributed by atoms with E-state index < -0.39 is 0 Å². The Balaban J connectivity index is 0. The van der Waals surface area contributed by atoms with Gasteiger partial charge in [-0.1, -0.05) is 26.7 Å². The van der Waals surface area contributed by atoms with Crippen molar-refractivity contribution in [3.8, 4) is 0 Å². The molecule has 0 amide bonds. The molecule has 3 heteroatoms. The molecule has 41 valence electrons. The van der Waals surface area contributed by atoms with E-state index in [9.17, 15) is 0 Å². The molecule has 0 aliphatic heterocycles. The second kappa shape index (κ2) is 15.7. The van der Waals surface area contributed by atoms with Gasteiger partial charge in [-0.15, -0.1) is 0 Å². The second-order valence-electron chi connectivity index (χ2n) is 0.955. The molecule has 0 heterocycles. The highest BCUT2D eigenvalue weighted by atomic mass is 127. The van der Waals surface area contributed by atoms with Crippen molar-refractivity contribution >= 4 is 50.3 Å². The van der Waals surface area contributed by atoms with Gasteiger partial charge in [-0.05, 0) is 0 Å². The molecule has 0 rings (SSSR count). The second-order valence-corrected chi connectivity index (χ2v) is 14.5. The molecule has 0 fully saturated rings. The Labute approximate surface area is 75.7 Å². The lowest BCUT2D eigenvalue weighted by Gasteiger charge is -1.67. The van der Waals surface area contributed by atoms with Gasteiger partial charge in [0.05, 0.1) is 0 Å². The Morgan fingerprint density at radius 1 is 1.57 bits per heavy atom. The summed E-state index contributed by atoms with van der Waals surface area (Å²) in [6.07, 6.45) is 2.28.